The van der Waals surface area contributed by atoms with Gasteiger partial charge in [0.05, 0.1) is 28.4 Å². The Bertz CT molecular complexity index is 949. The average Bonchev–Trinajstić information content (AvgIpc) is 2.68. The number of carbonyl (C=O) groups excluding carboxylic acids is 1. The monoisotopic (exact) mass is 427 g/mol. The number of hydrogen-bond acceptors (Lipinski definition) is 5. The Labute approximate surface area is 183 Å². The molecule has 1 heterocycles. The number of hydrogen-bond donors (Lipinski definition) is 3. The van der Waals surface area contributed by atoms with E-state index >= 15 is 0 Å². The molecule has 0 bridgehead atoms. The third kappa shape index (κ3) is 5.66. The van der Waals surface area contributed by atoms with Crippen LogP contribution < -0.4 is 15.8 Å². The van der Waals surface area contributed by atoms with Crippen LogP contribution in [0.25, 0.3) is 10.9 Å². The number of pyridine rings is 1. The fourth-order valence-electron chi connectivity index (χ4n) is 4.28. The van der Waals surface area contributed by atoms with E-state index in [9.17, 15) is 14.7 Å². The van der Waals surface area contributed by atoms with Gasteiger partial charge in [-0.3, -0.25) is 9.78 Å². The maximum Gasteiger partial charge on any atom is 0.339 e. The minimum atomic E-state index is -1.09. The smallest absolute Gasteiger partial charge is 0.339 e. The van der Waals surface area contributed by atoms with Crippen LogP contribution in [-0.4, -0.2) is 34.1 Å². The second kappa shape index (κ2) is 9.98. The number of nitrogens with zero attached hydrogens (tertiary/aromatic N) is 1. The highest BCUT2D eigenvalue weighted by molar-refractivity contribution is 6.06. The number of fused-ring (bicyclic) bond motifs is 1. The van der Waals surface area contributed by atoms with Gasteiger partial charge >= 0.3 is 5.97 Å². The number of amides is 1. The van der Waals surface area contributed by atoms with Crippen LogP contribution in [0.1, 0.15) is 74.8 Å². The quantitative estimate of drug-likeness (QED) is 0.573. The number of ether oxygens (including phenoxy) is 1. The van der Waals surface area contributed by atoms with Crippen LogP contribution >= 0.6 is 0 Å². The Hall–Kier alpha value is -2.83. The highest BCUT2D eigenvalue weighted by Crippen LogP contribution is 2.35. The lowest BCUT2D eigenvalue weighted by molar-refractivity contribution is -0.122. The van der Waals surface area contributed by atoms with Crippen molar-refractivity contribution in [3.63, 3.8) is 0 Å². The van der Waals surface area contributed by atoms with E-state index in [2.05, 4.69) is 24.1 Å². The Kier molecular flexibility index (Phi) is 7.36. The molecule has 0 aliphatic heterocycles. The molecule has 1 aliphatic carbocycles. The maximum absolute atomic E-state index is 12.2. The molecule has 4 N–H and O–H groups in total. The Morgan fingerprint density at radius 2 is 1.97 bits per heavy atom. The van der Waals surface area contributed by atoms with Crippen LogP contribution in [-0.2, 0) is 4.79 Å². The molecule has 0 atom stereocenters. The van der Waals surface area contributed by atoms with Crippen molar-refractivity contribution < 1.29 is 19.4 Å². The van der Waals surface area contributed by atoms with Crippen molar-refractivity contribution >= 4 is 28.5 Å². The molecule has 1 aromatic heterocycles. The summed E-state index contributed by atoms with van der Waals surface area (Å²) >= 11 is 0. The van der Waals surface area contributed by atoms with E-state index < -0.39 is 5.97 Å². The summed E-state index contributed by atoms with van der Waals surface area (Å²) in [6.45, 7) is 5.98. The van der Waals surface area contributed by atoms with E-state index in [-0.39, 0.29) is 29.3 Å². The number of carbonyl (C=O) groups is 2. The number of rotatable bonds is 8. The van der Waals surface area contributed by atoms with E-state index in [1.165, 1.54) is 0 Å². The number of carboxylic acid groups (broad SMARTS) is 1. The number of carboxylic acids is 1. The minimum Gasteiger partial charge on any atom is -0.490 e. The summed E-state index contributed by atoms with van der Waals surface area (Å²) in [6, 6.07) is 5.65. The molecule has 7 heteroatoms. The van der Waals surface area contributed by atoms with Crippen LogP contribution in [0.3, 0.4) is 0 Å². The van der Waals surface area contributed by atoms with Crippen molar-refractivity contribution in [2.75, 3.05) is 5.73 Å². The molecular formula is C24H33N3O4. The SMILES string of the molecule is Cc1nc2cccc(OC3CCC(NC(=O)CCCC(C)C)CC3)c2c(N)c1C(=O)O. The third-order valence-electron chi connectivity index (χ3n) is 5.93. The molecule has 1 aromatic carbocycles. The van der Waals surface area contributed by atoms with Gasteiger partial charge in [0.25, 0.3) is 0 Å². The van der Waals surface area contributed by atoms with Gasteiger partial charge in [0.15, 0.2) is 0 Å². The van der Waals surface area contributed by atoms with Crippen LogP contribution in [0, 0.1) is 12.8 Å². The highest BCUT2D eigenvalue weighted by atomic mass is 16.5. The van der Waals surface area contributed by atoms with Crippen LogP contribution in [0.15, 0.2) is 18.2 Å². The fraction of sp³-hybridized carbons (Fsp3) is 0.542. The molecule has 1 amide bonds. The molecule has 1 aliphatic rings. The topological polar surface area (TPSA) is 115 Å². The molecule has 0 saturated heterocycles. The van der Waals surface area contributed by atoms with Gasteiger partial charge in [-0.15, -0.1) is 0 Å². The summed E-state index contributed by atoms with van der Waals surface area (Å²) in [5.74, 6) is 0.221. The summed E-state index contributed by atoms with van der Waals surface area (Å²) in [4.78, 5) is 28.2. The van der Waals surface area contributed by atoms with Gasteiger partial charge < -0.3 is 20.9 Å². The van der Waals surface area contributed by atoms with Gasteiger partial charge in [-0.2, -0.15) is 0 Å². The van der Waals surface area contributed by atoms with E-state index in [1.54, 1.807) is 6.92 Å². The number of nitrogens with two attached hydrogens (primary N) is 1. The van der Waals surface area contributed by atoms with Crippen LogP contribution in [0.5, 0.6) is 5.75 Å². The van der Waals surface area contributed by atoms with Crippen molar-refractivity contribution in [2.45, 2.75) is 77.9 Å². The molecule has 2 aromatic rings. The number of nitrogen functional groups attached to an aromatic ring is 1. The third-order valence-corrected chi connectivity index (χ3v) is 5.93. The summed E-state index contributed by atoms with van der Waals surface area (Å²) in [5.41, 5.74) is 7.44. The largest absolute Gasteiger partial charge is 0.490 e. The molecule has 0 unspecified atom stereocenters. The number of aryl methyl sites for hydroxylation is 1. The normalized spacial score (nSPS) is 18.8. The van der Waals surface area contributed by atoms with E-state index in [1.807, 2.05) is 18.2 Å². The number of nitrogens with one attached hydrogen (secondary N) is 1. The van der Waals surface area contributed by atoms with Crippen molar-refractivity contribution in [1.29, 1.82) is 0 Å². The van der Waals surface area contributed by atoms with Crippen LogP contribution in [0.4, 0.5) is 5.69 Å². The average molecular weight is 428 g/mol. The molecule has 1 saturated carbocycles. The highest BCUT2D eigenvalue weighted by Gasteiger charge is 2.25. The molecule has 0 radical (unpaired) electrons. The lowest BCUT2D eigenvalue weighted by atomic mass is 9.92. The molecule has 168 valence electrons. The minimum absolute atomic E-state index is 0.00586. The molecule has 31 heavy (non-hydrogen) atoms. The van der Waals surface area contributed by atoms with Crippen molar-refractivity contribution in [3.8, 4) is 5.75 Å². The standard InChI is InChI=1S/C24H33N3O4/c1-14(2)6-4-9-20(28)27-16-10-12-17(13-11-16)31-19-8-5-7-18-22(19)23(25)21(24(29)30)15(3)26-18/h5,7-8,14,16-17H,4,6,9-13H2,1-3H3,(H2,25,26)(H,27,28)(H,29,30). The lowest BCUT2D eigenvalue weighted by Crippen LogP contribution is -2.39. The van der Waals surface area contributed by atoms with Crippen molar-refractivity contribution in [1.82, 2.24) is 10.3 Å². The van der Waals surface area contributed by atoms with Gasteiger partial charge in [0.1, 0.15) is 11.3 Å². The van der Waals surface area contributed by atoms with Gasteiger partial charge in [0.2, 0.25) is 5.91 Å². The molecule has 7 nitrogen and oxygen atoms in total. The first kappa shape index (κ1) is 22.8. The Balaban J connectivity index is 1.62. The van der Waals surface area contributed by atoms with Crippen LogP contribution in [0.2, 0.25) is 0 Å². The summed E-state index contributed by atoms with van der Waals surface area (Å²) in [7, 11) is 0. The van der Waals surface area contributed by atoms with E-state index in [0.29, 0.717) is 34.7 Å². The second-order valence-electron chi connectivity index (χ2n) is 8.89. The molecule has 1 fully saturated rings. The van der Waals surface area contributed by atoms with Crippen molar-refractivity contribution in [2.24, 2.45) is 5.92 Å². The summed E-state index contributed by atoms with van der Waals surface area (Å²) < 4.78 is 6.24. The molecular weight excluding hydrogens is 394 g/mol. The lowest BCUT2D eigenvalue weighted by Gasteiger charge is -2.30. The first-order valence-corrected chi connectivity index (χ1v) is 11.1. The zero-order valence-corrected chi connectivity index (χ0v) is 18.6. The number of aromatic carboxylic acids is 1. The first-order valence-electron chi connectivity index (χ1n) is 11.1. The maximum atomic E-state index is 12.2. The number of aromatic nitrogens is 1. The summed E-state index contributed by atoms with van der Waals surface area (Å²) in [5, 5.41) is 13.2. The Morgan fingerprint density at radius 1 is 1.26 bits per heavy atom. The van der Waals surface area contributed by atoms with Gasteiger partial charge in [-0.25, -0.2) is 4.79 Å². The summed E-state index contributed by atoms with van der Waals surface area (Å²) in [6.07, 6.45) is 5.93. The molecule has 3 rings (SSSR count). The van der Waals surface area contributed by atoms with Gasteiger partial charge in [-0.1, -0.05) is 26.3 Å². The number of benzene rings is 1. The fourth-order valence-corrected chi connectivity index (χ4v) is 4.28. The van der Waals surface area contributed by atoms with Gasteiger partial charge in [-0.05, 0) is 57.1 Å². The van der Waals surface area contributed by atoms with E-state index in [4.69, 9.17) is 10.5 Å². The van der Waals surface area contributed by atoms with E-state index in [0.717, 1.165) is 38.5 Å². The number of anilines is 1. The second-order valence-corrected chi connectivity index (χ2v) is 8.89. The molecule has 0 spiro atoms. The Morgan fingerprint density at radius 3 is 2.61 bits per heavy atom. The van der Waals surface area contributed by atoms with Gasteiger partial charge in [0, 0.05) is 12.5 Å². The van der Waals surface area contributed by atoms with Crippen molar-refractivity contribution in [3.05, 3.63) is 29.5 Å². The first-order chi connectivity index (χ1) is 14.8. The zero-order valence-electron chi connectivity index (χ0n) is 18.6. The predicted molar refractivity (Wildman–Crippen MR) is 121 cm³/mol. The predicted octanol–water partition coefficient (Wildman–Crippen LogP) is 4.46. The zero-order chi connectivity index (χ0) is 22.5.